The standard InChI is InChI=1S/C21H20NOP/c1-22-21(23)17-13-15-20(16-14-17)24(2,18-9-5-3-6-10-18)19-11-7-4-8-12-19/h3-16H,2H2,1H3,(H,22,23). The third-order valence-electron chi connectivity index (χ3n) is 4.19. The van der Waals surface area contributed by atoms with Gasteiger partial charge in [-0.25, -0.2) is 0 Å². The van der Waals surface area contributed by atoms with Gasteiger partial charge in [0.1, 0.15) is 0 Å². The first-order valence-corrected chi connectivity index (χ1v) is 9.81. The van der Waals surface area contributed by atoms with Crippen molar-refractivity contribution in [3.63, 3.8) is 0 Å². The molecule has 0 saturated carbocycles. The Labute approximate surface area is 143 Å². The number of hydrogen-bond donors (Lipinski definition) is 1. The summed E-state index contributed by atoms with van der Waals surface area (Å²) in [6, 6.07) is 28.6. The molecule has 120 valence electrons. The lowest BCUT2D eigenvalue weighted by molar-refractivity contribution is 0.0963. The second-order valence-corrected chi connectivity index (χ2v) is 8.78. The van der Waals surface area contributed by atoms with E-state index in [0.29, 0.717) is 5.56 Å². The van der Waals surface area contributed by atoms with Gasteiger partial charge in [0.2, 0.25) is 0 Å². The molecule has 0 saturated heterocycles. The number of carbonyl (C=O) groups is 1. The highest BCUT2D eigenvalue weighted by Gasteiger charge is 2.22. The first-order valence-electron chi connectivity index (χ1n) is 7.83. The van der Waals surface area contributed by atoms with E-state index in [1.54, 1.807) is 7.05 Å². The molecule has 0 fully saturated rings. The number of hydrogen-bond acceptors (Lipinski definition) is 1. The zero-order valence-corrected chi connectivity index (χ0v) is 14.5. The van der Waals surface area contributed by atoms with E-state index in [1.165, 1.54) is 10.6 Å². The fourth-order valence-corrected chi connectivity index (χ4v) is 5.74. The third kappa shape index (κ3) is 2.93. The molecule has 3 rings (SSSR count). The summed E-state index contributed by atoms with van der Waals surface area (Å²) >= 11 is 0. The molecule has 0 aromatic heterocycles. The van der Waals surface area contributed by atoms with Crippen molar-refractivity contribution in [1.82, 2.24) is 5.32 Å². The summed E-state index contributed by atoms with van der Waals surface area (Å²) in [6.45, 7) is -1.97. The van der Waals surface area contributed by atoms with Gasteiger partial charge in [-0.05, 0) is 34.9 Å². The molecule has 0 aliphatic carbocycles. The van der Waals surface area contributed by atoms with E-state index < -0.39 is 6.89 Å². The predicted octanol–water partition coefficient (Wildman–Crippen LogP) is 2.77. The Balaban J connectivity index is 2.16. The van der Waals surface area contributed by atoms with Gasteiger partial charge < -0.3 is 5.32 Å². The molecule has 0 bridgehead atoms. The van der Waals surface area contributed by atoms with E-state index >= 15 is 0 Å². The first-order chi connectivity index (χ1) is 11.7. The minimum absolute atomic E-state index is 0.0750. The van der Waals surface area contributed by atoms with Gasteiger partial charge in [-0.15, -0.1) is 0 Å². The van der Waals surface area contributed by atoms with Gasteiger partial charge in [-0.1, -0.05) is 79.1 Å². The minimum Gasteiger partial charge on any atom is -0.355 e. The van der Waals surface area contributed by atoms with Crippen LogP contribution in [0.1, 0.15) is 10.4 Å². The molecule has 24 heavy (non-hydrogen) atoms. The van der Waals surface area contributed by atoms with Gasteiger partial charge in [0.15, 0.2) is 0 Å². The lowest BCUT2D eigenvalue weighted by atomic mass is 10.2. The van der Waals surface area contributed by atoms with Crippen LogP contribution in [0.5, 0.6) is 0 Å². The SMILES string of the molecule is C=P(c1ccccc1)(c1ccccc1)c1ccc(C(=O)NC)cc1. The van der Waals surface area contributed by atoms with Crippen molar-refractivity contribution in [1.29, 1.82) is 0 Å². The van der Waals surface area contributed by atoms with Crippen molar-refractivity contribution >= 4 is 35.0 Å². The Morgan fingerprint density at radius 1 is 0.750 bits per heavy atom. The highest BCUT2D eigenvalue weighted by Crippen LogP contribution is 2.41. The molecule has 1 N–H and O–H groups in total. The van der Waals surface area contributed by atoms with E-state index in [-0.39, 0.29) is 5.91 Å². The zero-order valence-electron chi connectivity index (χ0n) is 13.6. The van der Waals surface area contributed by atoms with E-state index in [4.69, 9.17) is 0 Å². The molecule has 0 aliphatic heterocycles. The summed E-state index contributed by atoms with van der Waals surface area (Å²) < 4.78 is 0. The van der Waals surface area contributed by atoms with Gasteiger partial charge in [0.05, 0.1) is 0 Å². The van der Waals surface area contributed by atoms with E-state index in [2.05, 4.69) is 60.1 Å². The summed E-state index contributed by atoms with van der Waals surface area (Å²) in [5.74, 6) is -0.0750. The van der Waals surface area contributed by atoms with Crippen molar-refractivity contribution in [2.24, 2.45) is 0 Å². The molecular weight excluding hydrogens is 313 g/mol. The van der Waals surface area contributed by atoms with Crippen LogP contribution >= 0.6 is 6.89 Å². The van der Waals surface area contributed by atoms with E-state index in [1.807, 2.05) is 36.4 Å². The Kier molecular flexibility index (Phi) is 4.69. The van der Waals surface area contributed by atoms with Crippen LogP contribution in [0, 0.1) is 0 Å². The fraction of sp³-hybridized carbons (Fsp3) is 0.0476. The van der Waals surface area contributed by atoms with Crippen molar-refractivity contribution < 1.29 is 4.79 Å². The van der Waals surface area contributed by atoms with E-state index in [9.17, 15) is 4.79 Å². The Bertz CT molecular complexity index is 827. The lowest BCUT2D eigenvalue weighted by Crippen LogP contribution is -2.26. The molecule has 0 radical (unpaired) electrons. The number of benzene rings is 3. The number of amides is 1. The minimum atomic E-state index is -1.97. The number of rotatable bonds is 4. The molecule has 1 amide bonds. The van der Waals surface area contributed by atoms with Crippen LogP contribution in [0.15, 0.2) is 84.9 Å². The maximum absolute atomic E-state index is 11.8. The second-order valence-electron chi connectivity index (χ2n) is 5.61. The Hall–Kier alpha value is -2.57. The third-order valence-corrected chi connectivity index (χ3v) is 7.73. The van der Waals surface area contributed by atoms with Crippen LogP contribution in [0.25, 0.3) is 0 Å². The lowest BCUT2D eigenvalue weighted by Gasteiger charge is -2.26. The molecule has 0 unspecified atom stereocenters. The second kappa shape index (κ2) is 6.90. The highest BCUT2D eigenvalue weighted by atomic mass is 31.2. The molecule has 3 heteroatoms. The smallest absolute Gasteiger partial charge is 0.251 e. The van der Waals surface area contributed by atoms with Crippen molar-refractivity contribution in [3.8, 4) is 0 Å². The first kappa shape index (κ1) is 16.3. The predicted molar refractivity (Wildman–Crippen MR) is 106 cm³/mol. The number of nitrogens with one attached hydrogen (secondary N) is 1. The fourth-order valence-electron chi connectivity index (χ4n) is 2.82. The highest BCUT2D eigenvalue weighted by molar-refractivity contribution is 7.93. The normalized spacial score (nSPS) is 11.0. The summed E-state index contributed by atoms with van der Waals surface area (Å²) in [7, 11) is 1.64. The molecule has 0 heterocycles. The van der Waals surface area contributed by atoms with Crippen LogP contribution in [0.3, 0.4) is 0 Å². The van der Waals surface area contributed by atoms with E-state index in [0.717, 1.165) is 5.30 Å². The van der Waals surface area contributed by atoms with Crippen molar-refractivity contribution in [2.45, 2.75) is 0 Å². The average molecular weight is 333 g/mol. The van der Waals surface area contributed by atoms with Gasteiger partial charge in [0, 0.05) is 12.6 Å². The van der Waals surface area contributed by atoms with Crippen molar-refractivity contribution in [3.05, 3.63) is 90.5 Å². The van der Waals surface area contributed by atoms with Crippen LogP contribution in [0.2, 0.25) is 0 Å². The summed E-state index contributed by atoms with van der Waals surface area (Å²) in [6.07, 6.45) is 4.69. The Morgan fingerprint density at radius 2 is 1.17 bits per heavy atom. The summed E-state index contributed by atoms with van der Waals surface area (Å²) in [5, 5.41) is 6.27. The molecule has 0 spiro atoms. The Morgan fingerprint density at radius 3 is 1.58 bits per heavy atom. The van der Waals surface area contributed by atoms with Gasteiger partial charge in [-0.3, -0.25) is 4.79 Å². The molecule has 3 aromatic rings. The van der Waals surface area contributed by atoms with Crippen LogP contribution < -0.4 is 21.2 Å². The molecule has 3 aromatic carbocycles. The van der Waals surface area contributed by atoms with Gasteiger partial charge in [0.25, 0.3) is 5.91 Å². The number of carbonyl (C=O) groups excluding carboxylic acids is 1. The largest absolute Gasteiger partial charge is 0.355 e. The molecule has 0 aliphatic rings. The maximum Gasteiger partial charge on any atom is 0.251 e. The summed E-state index contributed by atoms with van der Waals surface area (Å²) in [5.41, 5.74) is 0.661. The average Bonchev–Trinajstić information content (AvgIpc) is 2.68. The topological polar surface area (TPSA) is 29.1 Å². The van der Waals surface area contributed by atoms with Crippen LogP contribution in [0.4, 0.5) is 0 Å². The van der Waals surface area contributed by atoms with Crippen LogP contribution in [-0.4, -0.2) is 19.3 Å². The van der Waals surface area contributed by atoms with Gasteiger partial charge in [-0.2, -0.15) is 0 Å². The van der Waals surface area contributed by atoms with Crippen LogP contribution in [-0.2, 0) is 0 Å². The summed E-state index contributed by atoms with van der Waals surface area (Å²) in [4.78, 5) is 11.8. The van der Waals surface area contributed by atoms with Gasteiger partial charge >= 0.3 is 0 Å². The quantitative estimate of drug-likeness (QED) is 0.731. The van der Waals surface area contributed by atoms with Crippen molar-refractivity contribution in [2.75, 3.05) is 7.05 Å². The monoisotopic (exact) mass is 333 g/mol. The zero-order chi connectivity index (χ0) is 17.0. The molecule has 0 atom stereocenters. The maximum atomic E-state index is 11.8. The molecule has 2 nitrogen and oxygen atoms in total. The molecular formula is C21H20NOP.